The highest BCUT2D eigenvalue weighted by atomic mass is 16.4. The zero-order valence-corrected chi connectivity index (χ0v) is 12.6. The number of carbonyl (C=O) groups is 2. The van der Waals surface area contributed by atoms with Crippen LogP contribution in [-0.4, -0.2) is 26.8 Å². The molecule has 0 saturated heterocycles. The van der Waals surface area contributed by atoms with Gasteiger partial charge in [0.15, 0.2) is 0 Å². The summed E-state index contributed by atoms with van der Waals surface area (Å²) in [4.78, 5) is 23.3. The summed E-state index contributed by atoms with van der Waals surface area (Å²) in [7, 11) is 0. The molecule has 0 unspecified atom stereocenters. The molecule has 1 amide bonds. The van der Waals surface area contributed by atoms with Crippen molar-refractivity contribution in [2.45, 2.75) is 39.3 Å². The van der Waals surface area contributed by atoms with Crippen LogP contribution in [0.4, 0.5) is 0 Å². The van der Waals surface area contributed by atoms with Gasteiger partial charge >= 0.3 is 5.97 Å². The highest BCUT2D eigenvalue weighted by molar-refractivity contribution is 5.95. The molecule has 2 rings (SSSR count). The quantitative estimate of drug-likeness (QED) is 0.816. The number of carboxylic acids is 1. The second-order valence-corrected chi connectivity index (χ2v) is 5.03. The van der Waals surface area contributed by atoms with E-state index >= 15 is 0 Å². The van der Waals surface area contributed by atoms with Crippen molar-refractivity contribution in [2.24, 2.45) is 0 Å². The van der Waals surface area contributed by atoms with E-state index in [9.17, 15) is 9.59 Å². The maximum Gasteiger partial charge on any atom is 0.305 e. The highest BCUT2D eigenvalue weighted by Gasteiger charge is 2.23. The molecule has 22 heavy (non-hydrogen) atoms. The molecule has 0 aliphatic carbocycles. The van der Waals surface area contributed by atoms with Crippen LogP contribution in [0.25, 0.3) is 0 Å². The van der Waals surface area contributed by atoms with E-state index < -0.39 is 12.0 Å². The molecular formula is C15H19N3O4. The summed E-state index contributed by atoms with van der Waals surface area (Å²) >= 11 is 0. The van der Waals surface area contributed by atoms with Crippen molar-refractivity contribution in [3.63, 3.8) is 0 Å². The van der Waals surface area contributed by atoms with E-state index in [0.717, 1.165) is 13.0 Å². The van der Waals surface area contributed by atoms with Crippen molar-refractivity contribution in [1.82, 2.24) is 15.1 Å². The van der Waals surface area contributed by atoms with Crippen molar-refractivity contribution in [3.05, 3.63) is 41.6 Å². The highest BCUT2D eigenvalue weighted by Crippen LogP contribution is 2.18. The Labute approximate surface area is 127 Å². The van der Waals surface area contributed by atoms with E-state index in [4.69, 9.17) is 9.52 Å². The summed E-state index contributed by atoms with van der Waals surface area (Å²) in [6.07, 6.45) is 3.78. The maximum absolute atomic E-state index is 12.4. The number of amides is 1. The number of nitrogens with zero attached hydrogens (tertiary/aromatic N) is 2. The minimum absolute atomic E-state index is 0.249. The molecule has 2 aromatic rings. The van der Waals surface area contributed by atoms with E-state index in [2.05, 4.69) is 10.4 Å². The minimum Gasteiger partial charge on any atom is -0.481 e. The van der Waals surface area contributed by atoms with Crippen LogP contribution in [0.3, 0.4) is 0 Å². The maximum atomic E-state index is 12.4. The lowest BCUT2D eigenvalue weighted by Gasteiger charge is -2.14. The van der Waals surface area contributed by atoms with Gasteiger partial charge in [-0.3, -0.25) is 14.3 Å². The Bertz CT molecular complexity index is 646. The first-order chi connectivity index (χ1) is 10.5. The fourth-order valence-electron chi connectivity index (χ4n) is 2.21. The van der Waals surface area contributed by atoms with Crippen LogP contribution in [0.5, 0.6) is 0 Å². The summed E-state index contributed by atoms with van der Waals surface area (Å²) in [5.74, 6) is -0.961. The van der Waals surface area contributed by atoms with Gasteiger partial charge in [0.1, 0.15) is 5.76 Å². The predicted octanol–water partition coefficient (Wildman–Crippen LogP) is 2.14. The molecule has 0 fully saturated rings. The number of aryl methyl sites for hydroxylation is 2. The van der Waals surface area contributed by atoms with Crippen molar-refractivity contribution in [1.29, 1.82) is 0 Å². The van der Waals surface area contributed by atoms with Gasteiger partial charge in [0.05, 0.1) is 30.0 Å². The number of carboxylic acid groups (broad SMARTS) is 1. The number of rotatable bonds is 7. The molecule has 0 bridgehead atoms. The fourth-order valence-corrected chi connectivity index (χ4v) is 2.21. The molecule has 118 valence electrons. The largest absolute Gasteiger partial charge is 0.481 e. The molecule has 0 aliphatic heterocycles. The molecule has 1 atom stereocenters. The number of furan rings is 1. The summed E-state index contributed by atoms with van der Waals surface area (Å²) in [6, 6.07) is 2.58. The van der Waals surface area contributed by atoms with Crippen molar-refractivity contribution in [3.8, 4) is 0 Å². The molecule has 7 nitrogen and oxygen atoms in total. The van der Waals surface area contributed by atoms with E-state index in [0.29, 0.717) is 17.0 Å². The topological polar surface area (TPSA) is 97.4 Å². The molecule has 0 aliphatic rings. The zero-order valence-electron chi connectivity index (χ0n) is 12.6. The van der Waals surface area contributed by atoms with Gasteiger partial charge in [-0.05, 0) is 25.5 Å². The Morgan fingerprint density at radius 1 is 1.50 bits per heavy atom. The standard InChI is InChI=1S/C15H19N3O4/c1-3-6-18-9-11(10(2)17-18)15(21)16-12(8-14(19)20)13-5-4-7-22-13/h4-5,7,9,12H,3,6,8H2,1-2H3,(H,16,21)(H,19,20)/t12-/m1/s1. The van der Waals surface area contributed by atoms with Gasteiger partial charge < -0.3 is 14.8 Å². The molecule has 0 spiro atoms. The molecule has 0 radical (unpaired) electrons. The lowest BCUT2D eigenvalue weighted by atomic mass is 10.1. The smallest absolute Gasteiger partial charge is 0.305 e. The predicted molar refractivity (Wildman–Crippen MR) is 78.4 cm³/mol. The molecule has 2 N–H and O–H groups in total. The van der Waals surface area contributed by atoms with Crippen LogP contribution >= 0.6 is 0 Å². The molecule has 7 heteroatoms. The third-order valence-corrected chi connectivity index (χ3v) is 3.21. The van der Waals surface area contributed by atoms with Gasteiger partial charge in [-0.25, -0.2) is 0 Å². The number of hydrogen-bond donors (Lipinski definition) is 2. The van der Waals surface area contributed by atoms with Crippen molar-refractivity contribution >= 4 is 11.9 Å². The van der Waals surface area contributed by atoms with Crippen molar-refractivity contribution < 1.29 is 19.1 Å². The first-order valence-corrected chi connectivity index (χ1v) is 7.11. The second-order valence-electron chi connectivity index (χ2n) is 5.03. The Morgan fingerprint density at radius 2 is 2.27 bits per heavy atom. The zero-order chi connectivity index (χ0) is 16.1. The van der Waals surface area contributed by atoms with Gasteiger partial charge in [0.2, 0.25) is 0 Å². The van der Waals surface area contributed by atoms with Gasteiger partial charge in [-0.1, -0.05) is 6.92 Å². The lowest BCUT2D eigenvalue weighted by molar-refractivity contribution is -0.137. The molecule has 2 heterocycles. The van der Waals surface area contributed by atoms with Crippen molar-refractivity contribution in [2.75, 3.05) is 0 Å². The van der Waals surface area contributed by atoms with E-state index in [1.807, 2.05) is 6.92 Å². The van der Waals surface area contributed by atoms with E-state index in [1.165, 1.54) is 6.26 Å². The minimum atomic E-state index is -1.01. The van der Waals surface area contributed by atoms with E-state index in [-0.39, 0.29) is 12.3 Å². The average Bonchev–Trinajstić information content (AvgIpc) is 3.07. The third-order valence-electron chi connectivity index (χ3n) is 3.21. The molecule has 2 aromatic heterocycles. The Balaban J connectivity index is 2.15. The first kappa shape index (κ1) is 15.8. The summed E-state index contributed by atoms with van der Waals surface area (Å²) in [5.41, 5.74) is 1.05. The number of aromatic nitrogens is 2. The monoisotopic (exact) mass is 305 g/mol. The van der Waals surface area contributed by atoms with Gasteiger partial charge in [0, 0.05) is 12.7 Å². The Hall–Kier alpha value is -2.57. The SMILES string of the molecule is CCCn1cc(C(=O)N[C@H](CC(=O)O)c2ccco2)c(C)n1. The van der Waals surface area contributed by atoms with Crippen LogP contribution < -0.4 is 5.32 Å². The number of hydrogen-bond acceptors (Lipinski definition) is 4. The third kappa shape index (κ3) is 3.75. The second kappa shape index (κ2) is 6.93. The summed E-state index contributed by atoms with van der Waals surface area (Å²) in [6.45, 7) is 4.50. The first-order valence-electron chi connectivity index (χ1n) is 7.11. The van der Waals surface area contributed by atoms with Gasteiger partial charge in [-0.2, -0.15) is 5.10 Å². The van der Waals surface area contributed by atoms with Crippen LogP contribution in [-0.2, 0) is 11.3 Å². The fraction of sp³-hybridized carbons (Fsp3) is 0.400. The average molecular weight is 305 g/mol. The van der Waals surface area contributed by atoms with E-state index in [1.54, 1.807) is 29.9 Å². The Morgan fingerprint density at radius 3 is 2.86 bits per heavy atom. The number of nitrogens with one attached hydrogen (secondary N) is 1. The van der Waals surface area contributed by atoms with Crippen LogP contribution in [0, 0.1) is 6.92 Å². The van der Waals surface area contributed by atoms with Crippen LogP contribution in [0.2, 0.25) is 0 Å². The van der Waals surface area contributed by atoms with Crippen LogP contribution in [0.1, 0.15) is 47.6 Å². The number of carbonyl (C=O) groups excluding carboxylic acids is 1. The van der Waals surface area contributed by atoms with Crippen LogP contribution in [0.15, 0.2) is 29.0 Å². The molecular weight excluding hydrogens is 286 g/mol. The lowest BCUT2D eigenvalue weighted by Crippen LogP contribution is -2.30. The summed E-state index contributed by atoms with van der Waals surface area (Å²) in [5, 5.41) is 16.0. The van der Waals surface area contributed by atoms with Gasteiger partial charge in [0.25, 0.3) is 5.91 Å². The molecule has 0 saturated carbocycles. The van der Waals surface area contributed by atoms with Gasteiger partial charge in [-0.15, -0.1) is 0 Å². The molecule has 0 aromatic carbocycles. The Kier molecular flexibility index (Phi) is 4.98. The number of aliphatic carboxylic acids is 1. The normalized spacial score (nSPS) is 12.1. The summed E-state index contributed by atoms with van der Waals surface area (Å²) < 4.78 is 6.92.